The Labute approximate surface area is 164 Å². The molecular weight excluding hydrogens is 346 g/mol. The van der Waals surface area contributed by atoms with Crippen LogP contribution in [-0.2, 0) is 0 Å². The number of nitrogens with zero attached hydrogens (tertiary/aromatic N) is 4. The molecule has 5 nitrogen and oxygen atoms in total. The Morgan fingerprint density at radius 2 is 1.68 bits per heavy atom. The summed E-state index contributed by atoms with van der Waals surface area (Å²) in [4.78, 5) is 17.5. The molecule has 1 aliphatic heterocycles. The number of para-hydroxylation sites is 1. The molecule has 2 aromatic heterocycles. The number of anilines is 1. The van der Waals surface area contributed by atoms with Crippen LogP contribution < -0.4 is 4.90 Å². The van der Waals surface area contributed by atoms with E-state index in [0.717, 1.165) is 60.5 Å². The predicted molar refractivity (Wildman–Crippen MR) is 116 cm³/mol. The molecule has 2 aromatic carbocycles. The van der Waals surface area contributed by atoms with Gasteiger partial charge < -0.3 is 9.88 Å². The van der Waals surface area contributed by atoms with E-state index in [2.05, 4.69) is 79.4 Å². The van der Waals surface area contributed by atoms with E-state index in [9.17, 15) is 0 Å². The molecule has 0 aliphatic carbocycles. The summed E-state index contributed by atoms with van der Waals surface area (Å²) in [7, 11) is 0. The molecule has 0 saturated carbocycles. The van der Waals surface area contributed by atoms with Gasteiger partial charge in [0.2, 0.25) is 0 Å². The molecule has 0 spiro atoms. The van der Waals surface area contributed by atoms with E-state index in [-0.39, 0.29) is 0 Å². The summed E-state index contributed by atoms with van der Waals surface area (Å²) in [5.74, 6) is 1.01. The Hall–Kier alpha value is -3.18. The number of hydrogen-bond donors (Lipinski definition) is 1. The lowest BCUT2D eigenvalue weighted by Gasteiger charge is -2.34. The zero-order chi connectivity index (χ0) is 18.8. The Morgan fingerprint density at radius 1 is 0.893 bits per heavy atom. The van der Waals surface area contributed by atoms with Crippen molar-refractivity contribution < 1.29 is 0 Å². The SMILES string of the molecule is C(=C\c1ccccc1)/CN1CCN(c2ncnc3c2[nH]c2ccccc23)CC1. The van der Waals surface area contributed by atoms with E-state index in [4.69, 9.17) is 0 Å². The van der Waals surface area contributed by atoms with Crippen LogP contribution in [0.4, 0.5) is 5.82 Å². The average Bonchev–Trinajstić information content (AvgIpc) is 3.14. The highest BCUT2D eigenvalue weighted by Crippen LogP contribution is 2.29. The molecule has 28 heavy (non-hydrogen) atoms. The monoisotopic (exact) mass is 369 g/mol. The van der Waals surface area contributed by atoms with Gasteiger partial charge in [0.1, 0.15) is 17.4 Å². The van der Waals surface area contributed by atoms with Crippen LogP contribution in [0, 0.1) is 0 Å². The molecule has 1 aliphatic rings. The van der Waals surface area contributed by atoms with E-state index in [1.54, 1.807) is 6.33 Å². The van der Waals surface area contributed by atoms with Gasteiger partial charge in [-0.1, -0.05) is 60.7 Å². The Morgan fingerprint density at radius 3 is 2.54 bits per heavy atom. The first kappa shape index (κ1) is 17.0. The van der Waals surface area contributed by atoms with Crippen molar-refractivity contribution >= 4 is 33.8 Å². The second-order valence-electron chi connectivity index (χ2n) is 7.19. The standard InChI is InChI=1S/C23H23N5/c1-2-7-18(8-3-1)9-6-12-27-13-15-28(16-14-27)23-22-21(24-17-25-23)19-10-4-5-11-20(19)26-22/h1-11,17,26H,12-16H2/b9-6+. The van der Waals surface area contributed by atoms with Gasteiger partial charge in [-0.15, -0.1) is 0 Å². The van der Waals surface area contributed by atoms with Crippen LogP contribution in [0.15, 0.2) is 67.0 Å². The predicted octanol–water partition coefficient (Wildman–Crippen LogP) is 3.95. The van der Waals surface area contributed by atoms with Gasteiger partial charge in [0, 0.05) is 43.6 Å². The van der Waals surface area contributed by atoms with E-state index in [0.29, 0.717) is 0 Å². The number of fused-ring (bicyclic) bond motifs is 3. The Bertz CT molecular complexity index is 1110. The summed E-state index contributed by atoms with van der Waals surface area (Å²) in [6.07, 6.45) is 6.14. The van der Waals surface area contributed by atoms with Crippen molar-refractivity contribution in [3.63, 3.8) is 0 Å². The van der Waals surface area contributed by atoms with Crippen molar-refractivity contribution in [2.75, 3.05) is 37.6 Å². The van der Waals surface area contributed by atoms with Crippen molar-refractivity contribution in [2.24, 2.45) is 0 Å². The number of benzene rings is 2. The second kappa shape index (κ2) is 7.44. The first-order valence-corrected chi connectivity index (χ1v) is 9.79. The zero-order valence-electron chi connectivity index (χ0n) is 15.8. The average molecular weight is 369 g/mol. The van der Waals surface area contributed by atoms with E-state index >= 15 is 0 Å². The lowest BCUT2D eigenvalue weighted by molar-refractivity contribution is 0.284. The molecule has 4 aromatic rings. The number of hydrogen-bond acceptors (Lipinski definition) is 4. The van der Waals surface area contributed by atoms with Crippen LogP contribution in [0.1, 0.15) is 5.56 Å². The van der Waals surface area contributed by atoms with Crippen molar-refractivity contribution in [3.05, 3.63) is 72.6 Å². The quantitative estimate of drug-likeness (QED) is 0.592. The van der Waals surface area contributed by atoms with Crippen molar-refractivity contribution in [2.45, 2.75) is 0 Å². The van der Waals surface area contributed by atoms with Gasteiger partial charge in [0.05, 0.1) is 0 Å². The number of nitrogens with one attached hydrogen (secondary N) is 1. The van der Waals surface area contributed by atoms with Gasteiger partial charge in [-0.05, 0) is 11.6 Å². The fourth-order valence-electron chi connectivity index (χ4n) is 3.91. The first-order valence-electron chi connectivity index (χ1n) is 9.79. The maximum absolute atomic E-state index is 4.60. The van der Waals surface area contributed by atoms with Crippen LogP contribution in [0.25, 0.3) is 28.0 Å². The van der Waals surface area contributed by atoms with Crippen LogP contribution in [-0.4, -0.2) is 52.6 Å². The fourth-order valence-corrected chi connectivity index (χ4v) is 3.91. The maximum Gasteiger partial charge on any atom is 0.156 e. The van der Waals surface area contributed by atoms with Gasteiger partial charge >= 0.3 is 0 Å². The van der Waals surface area contributed by atoms with Crippen molar-refractivity contribution in [1.29, 1.82) is 0 Å². The van der Waals surface area contributed by atoms with E-state index in [1.165, 1.54) is 5.56 Å². The normalized spacial score (nSPS) is 15.8. The summed E-state index contributed by atoms with van der Waals surface area (Å²) < 4.78 is 0. The minimum Gasteiger partial charge on any atom is -0.352 e. The molecule has 3 heterocycles. The topological polar surface area (TPSA) is 48.1 Å². The third kappa shape index (κ3) is 3.25. The molecular formula is C23H23N5. The summed E-state index contributed by atoms with van der Waals surface area (Å²) in [5, 5.41) is 1.16. The third-order valence-corrected chi connectivity index (χ3v) is 5.41. The number of piperazine rings is 1. The van der Waals surface area contributed by atoms with Crippen molar-refractivity contribution in [3.8, 4) is 0 Å². The molecule has 0 radical (unpaired) electrons. The lowest BCUT2D eigenvalue weighted by Crippen LogP contribution is -2.46. The van der Waals surface area contributed by atoms with Gasteiger partial charge in [0.15, 0.2) is 5.82 Å². The highest BCUT2D eigenvalue weighted by atomic mass is 15.3. The van der Waals surface area contributed by atoms with E-state index in [1.807, 2.05) is 12.1 Å². The second-order valence-corrected chi connectivity index (χ2v) is 7.19. The number of aromatic amines is 1. The van der Waals surface area contributed by atoms with Crippen LogP contribution in [0.3, 0.4) is 0 Å². The highest BCUT2D eigenvalue weighted by molar-refractivity contribution is 6.08. The molecule has 5 heteroatoms. The molecule has 140 valence electrons. The number of H-pyrrole nitrogens is 1. The molecule has 0 bridgehead atoms. The van der Waals surface area contributed by atoms with Gasteiger partial charge in [-0.2, -0.15) is 0 Å². The molecule has 1 N–H and O–H groups in total. The first-order chi connectivity index (χ1) is 13.9. The summed E-state index contributed by atoms with van der Waals surface area (Å²) >= 11 is 0. The fraction of sp³-hybridized carbons (Fsp3) is 0.217. The highest BCUT2D eigenvalue weighted by Gasteiger charge is 2.20. The van der Waals surface area contributed by atoms with Crippen LogP contribution in [0.2, 0.25) is 0 Å². The smallest absolute Gasteiger partial charge is 0.156 e. The third-order valence-electron chi connectivity index (χ3n) is 5.41. The molecule has 0 amide bonds. The minimum atomic E-state index is 0.973. The van der Waals surface area contributed by atoms with Crippen LogP contribution in [0.5, 0.6) is 0 Å². The van der Waals surface area contributed by atoms with Crippen LogP contribution >= 0.6 is 0 Å². The van der Waals surface area contributed by atoms with Gasteiger partial charge in [-0.25, -0.2) is 9.97 Å². The number of rotatable bonds is 4. The summed E-state index contributed by atoms with van der Waals surface area (Å²) in [6.45, 7) is 4.99. The van der Waals surface area contributed by atoms with Crippen molar-refractivity contribution in [1.82, 2.24) is 19.9 Å². The van der Waals surface area contributed by atoms with E-state index < -0.39 is 0 Å². The zero-order valence-corrected chi connectivity index (χ0v) is 15.8. The summed E-state index contributed by atoms with van der Waals surface area (Å²) in [5.41, 5.74) is 4.42. The Balaban J connectivity index is 1.29. The van der Waals surface area contributed by atoms with Gasteiger partial charge in [0.25, 0.3) is 0 Å². The molecule has 0 atom stereocenters. The largest absolute Gasteiger partial charge is 0.352 e. The molecule has 1 fully saturated rings. The molecule has 5 rings (SSSR count). The number of aromatic nitrogens is 3. The molecule has 0 unspecified atom stereocenters. The minimum absolute atomic E-state index is 0.973. The molecule has 1 saturated heterocycles. The maximum atomic E-state index is 4.60. The lowest BCUT2D eigenvalue weighted by atomic mass is 10.2. The van der Waals surface area contributed by atoms with Gasteiger partial charge in [-0.3, -0.25) is 4.90 Å². The Kier molecular flexibility index (Phi) is 4.51. The summed E-state index contributed by atoms with van der Waals surface area (Å²) in [6, 6.07) is 18.8.